The van der Waals surface area contributed by atoms with Gasteiger partial charge in [-0.25, -0.2) is 0 Å². The molecule has 0 aliphatic carbocycles. The largest absolute Gasteiger partial charge is 0.488 e. The maximum Gasteiger partial charge on any atom is 0.135 e. The minimum atomic E-state index is 0.481. The van der Waals surface area contributed by atoms with Crippen LogP contribution < -0.4 is 4.74 Å². The summed E-state index contributed by atoms with van der Waals surface area (Å²) in [6.45, 7) is 4.84. The van der Waals surface area contributed by atoms with Gasteiger partial charge in [-0.1, -0.05) is 122 Å². The van der Waals surface area contributed by atoms with Gasteiger partial charge in [0, 0.05) is 44.0 Å². The van der Waals surface area contributed by atoms with Crippen molar-refractivity contribution in [3.8, 4) is 56.6 Å². The molecule has 0 fully saturated rings. The number of aromatic nitrogens is 2. The van der Waals surface area contributed by atoms with Gasteiger partial charge in [0.2, 0.25) is 0 Å². The minimum Gasteiger partial charge on any atom is -0.488 e. The van der Waals surface area contributed by atoms with Crippen LogP contribution in [0.5, 0.6) is 5.75 Å². The summed E-state index contributed by atoms with van der Waals surface area (Å²) in [6, 6.07) is 64.8. The minimum absolute atomic E-state index is 0.481. The monoisotopic (exact) mass is 767 g/mol. The molecular formula is C56H37N3O. The maximum absolute atomic E-state index is 9.65. The highest BCUT2D eigenvalue weighted by Gasteiger charge is 2.19. The van der Waals surface area contributed by atoms with Gasteiger partial charge in [-0.2, -0.15) is 5.26 Å². The van der Waals surface area contributed by atoms with E-state index in [4.69, 9.17) is 4.74 Å². The predicted octanol–water partition coefficient (Wildman–Crippen LogP) is 14.3. The Hall–Kier alpha value is -8.13. The second-order valence-corrected chi connectivity index (χ2v) is 15.3. The third-order valence-corrected chi connectivity index (χ3v) is 11.8. The second-order valence-electron chi connectivity index (χ2n) is 15.3. The lowest BCUT2D eigenvalue weighted by molar-refractivity contribution is 0.363. The predicted molar refractivity (Wildman–Crippen MR) is 249 cm³/mol. The van der Waals surface area contributed by atoms with Gasteiger partial charge in [0.1, 0.15) is 12.4 Å². The molecule has 0 bridgehead atoms. The first-order valence-electron chi connectivity index (χ1n) is 20.2. The number of nitrogens with zero attached hydrogens (tertiary/aromatic N) is 3. The molecule has 0 amide bonds. The summed E-state index contributed by atoms with van der Waals surface area (Å²) in [4.78, 5) is 0. The molecule has 60 heavy (non-hydrogen) atoms. The normalized spacial score (nSPS) is 13.7. The number of rotatable bonds is 5. The van der Waals surface area contributed by atoms with E-state index in [1.165, 1.54) is 21.5 Å². The maximum atomic E-state index is 9.65. The zero-order valence-electron chi connectivity index (χ0n) is 32.7. The Morgan fingerprint density at radius 2 is 1.03 bits per heavy atom. The number of para-hydroxylation sites is 3. The van der Waals surface area contributed by atoms with Crippen molar-refractivity contribution < 1.29 is 4.74 Å². The average Bonchev–Trinajstić information content (AvgIpc) is 3.84. The van der Waals surface area contributed by atoms with Crippen molar-refractivity contribution >= 4 is 49.2 Å². The van der Waals surface area contributed by atoms with Crippen LogP contribution in [0.4, 0.5) is 0 Å². The number of nitriles is 1. The van der Waals surface area contributed by atoms with Crippen molar-refractivity contribution in [2.75, 3.05) is 6.61 Å². The molecule has 4 heteroatoms. The molecule has 1 aliphatic heterocycles. The van der Waals surface area contributed by atoms with Crippen molar-refractivity contribution in [2.24, 2.45) is 0 Å². The molecule has 11 rings (SSSR count). The van der Waals surface area contributed by atoms with Crippen LogP contribution in [0.25, 0.3) is 93.9 Å². The van der Waals surface area contributed by atoms with E-state index in [1.54, 1.807) is 0 Å². The molecule has 4 nitrogen and oxygen atoms in total. The Kier molecular flexibility index (Phi) is 8.39. The standard InChI is InChI=1S/C56H37N3O/c1-37-13-4-3-9-30-60-56-46(37)21-12-22-47(56)43-26-29-55-51(35-43)50-34-42(25-28-54(50)58(55)44-17-5-2-6-18-44)40-16-11-15-39(32-40)41-24-27-53-49(33-41)48-20-7-8-23-52(48)59(53)45-19-10-14-38(31-45)36-57/h2-29,31-35H,1,30H2/b9-3-,13-4-. The molecular weight excluding hydrogens is 731 g/mol. The lowest BCUT2D eigenvalue weighted by Gasteiger charge is -2.16. The lowest BCUT2D eigenvalue weighted by atomic mass is 9.95. The van der Waals surface area contributed by atoms with Crippen molar-refractivity contribution in [3.05, 3.63) is 218 Å². The first-order valence-corrected chi connectivity index (χ1v) is 20.2. The van der Waals surface area contributed by atoms with E-state index < -0.39 is 0 Å². The molecule has 10 aromatic rings. The quantitative estimate of drug-likeness (QED) is 0.175. The van der Waals surface area contributed by atoms with Gasteiger partial charge in [-0.15, -0.1) is 0 Å². The van der Waals surface area contributed by atoms with Crippen LogP contribution in [0, 0.1) is 11.3 Å². The Bertz CT molecular complexity index is 3460. The smallest absolute Gasteiger partial charge is 0.135 e. The van der Waals surface area contributed by atoms with Gasteiger partial charge >= 0.3 is 0 Å². The first kappa shape index (κ1) is 35.1. The second kappa shape index (κ2) is 14.4. The summed E-state index contributed by atoms with van der Waals surface area (Å²) in [5.41, 5.74) is 15.9. The van der Waals surface area contributed by atoms with Gasteiger partial charge in [-0.05, 0) is 118 Å². The van der Waals surface area contributed by atoms with Crippen molar-refractivity contribution in [3.63, 3.8) is 0 Å². The highest BCUT2D eigenvalue weighted by molar-refractivity contribution is 6.12. The number of hydrogen-bond acceptors (Lipinski definition) is 2. The zero-order valence-corrected chi connectivity index (χ0v) is 32.7. The third-order valence-electron chi connectivity index (χ3n) is 11.8. The fourth-order valence-electron chi connectivity index (χ4n) is 8.95. The number of fused-ring (bicyclic) bond motifs is 7. The molecule has 0 saturated carbocycles. The fourth-order valence-corrected chi connectivity index (χ4v) is 8.95. The van der Waals surface area contributed by atoms with Gasteiger partial charge < -0.3 is 13.9 Å². The Labute approximate surface area is 348 Å². The molecule has 3 heterocycles. The summed E-state index contributed by atoms with van der Waals surface area (Å²) < 4.78 is 11.1. The molecule has 1 aliphatic rings. The van der Waals surface area contributed by atoms with E-state index in [9.17, 15) is 5.26 Å². The van der Waals surface area contributed by atoms with Crippen LogP contribution >= 0.6 is 0 Å². The molecule has 282 valence electrons. The van der Waals surface area contributed by atoms with Crippen LogP contribution in [0.15, 0.2) is 207 Å². The van der Waals surface area contributed by atoms with Gasteiger partial charge in [0.25, 0.3) is 0 Å². The lowest BCUT2D eigenvalue weighted by Crippen LogP contribution is -1.99. The van der Waals surface area contributed by atoms with Crippen LogP contribution in [-0.2, 0) is 0 Å². The van der Waals surface area contributed by atoms with Crippen molar-refractivity contribution in [1.82, 2.24) is 9.13 Å². The molecule has 2 aromatic heterocycles. The Balaban J connectivity index is 1.05. The molecule has 0 unspecified atom stereocenters. The summed E-state index contributed by atoms with van der Waals surface area (Å²) in [5, 5.41) is 14.4. The van der Waals surface area contributed by atoms with Crippen molar-refractivity contribution in [1.29, 1.82) is 5.26 Å². The van der Waals surface area contributed by atoms with E-state index >= 15 is 0 Å². The molecule has 0 saturated heterocycles. The van der Waals surface area contributed by atoms with Crippen LogP contribution in [-0.4, -0.2) is 15.7 Å². The van der Waals surface area contributed by atoms with Gasteiger partial charge in [0.15, 0.2) is 0 Å². The summed E-state index contributed by atoms with van der Waals surface area (Å²) >= 11 is 0. The van der Waals surface area contributed by atoms with E-state index in [-0.39, 0.29) is 0 Å². The fraction of sp³-hybridized carbons (Fsp3) is 0.0179. The van der Waals surface area contributed by atoms with Crippen LogP contribution in [0.1, 0.15) is 11.1 Å². The van der Waals surface area contributed by atoms with Gasteiger partial charge in [0.05, 0.1) is 33.7 Å². The number of hydrogen-bond donors (Lipinski definition) is 0. The van der Waals surface area contributed by atoms with E-state index in [0.29, 0.717) is 12.2 Å². The molecule has 8 aromatic carbocycles. The number of ether oxygens (including phenoxy) is 1. The summed E-state index contributed by atoms with van der Waals surface area (Å²) in [5.74, 6) is 0.846. The third kappa shape index (κ3) is 5.84. The van der Waals surface area contributed by atoms with E-state index in [0.717, 1.165) is 83.7 Å². The summed E-state index contributed by atoms with van der Waals surface area (Å²) in [7, 11) is 0. The van der Waals surface area contributed by atoms with Crippen LogP contribution in [0.2, 0.25) is 0 Å². The first-order chi connectivity index (χ1) is 29.6. The zero-order chi connectivity index (χ0) is 40.2. The van der Waals surface area contributed by atoms with Crippen LogP contribution in [0.3, 0.4) is 0 Å². The summed E-state index contributed by atoms with van der Waals surface area (Å²) in [6.07, 6.45) is 8.09. The average molecular weight is 768 g/mol. The SMILES string of the molecule is C=C1/C=C\C=C/COc2c1cccc2-c1ccc2c(c1)c1cc(-c3cccc(-c4ccc5c(c4)c4ccccc4n5-c4cccc(C#N)c4)c3)ccc1n2-c1ccccc1. The molecule has 0 atom stereocenters. The molecule has 0 radical (unpaired) electrons. The number of allylic oxidation sites excluding steroid dienone is 4. The van der Waals surface area contributed by atoms with Crippen molar-refractivity contribution in [2.45, 2.75) is 0 Å². The van der Waals surface area contributed by atoms with Gasteiger partial charge in [-0.3, -0.25) is 0 Å². The highest BCUT2D eigenvalue weighted by atomic mass is 16.5. The van der Waals surface area contributed by atoms with E-state index in [2.05, 4.69) is 180 Å². The van der Waals surface area contributed by atoms with E-state index in [1.807, 2.05) is 42.5 Å². The Morgan fingerprint density at radius 3 is 1.78 bits per heavy atom. The molecule has 0 spiro atoms. The topological polar surface area (TPSA) is 42.9 Å². The Morgan fingerprint density at radius 1 is 0.467 bits per heavy atom. The highest BCUT2D eigenvalue weighted by Crippen LogP contribution is 2.42. The molecule has 0 N–H and O–H groups in total. The number of benzene rings is 8.